The van der Waals surface area contributed by atoms with Crippen LogP contribution in [0, 0.1) is 11.3 Å². The molecule has 2 saturated heterocycles. The highest BCUT2D eigenvalue weighted by molar-refractivity contribution is 4.96. The van der Waals surface area contributed by atoms with Crippen molar-refractivity contribution in [1.29, 1.82) is 0 Å². The van der Waals surface area contributed by atoms with Crippen LogP contribution >= 0.6 is 0 Å². The Hall–Kier alpha value is -0.0800. The van der Waals surface area contributed by atoms with Gasteiger partial charge in [-0.3, -0.25) is 4.90 Å². The van der Waals surface area contributed by atoms with Gasteiger partial charge in [-0.25, -0.2) is 0 Å². The van der Waals surface area contributed by atoms with Crippen molar-refractivity contribution in [2.45, 2.75) is 26.8 Å². The minimum atomic E-state index is 0.476. The molecule has 2 rings (SSSR count). The van der Waals surface area contributed by atoms with Crippen LogP contribution in [0.1, 0.15) is 20.8 Å². The van der Waals surface area contributed by atoms with Gasteiger partial charge in [0.2, 0.25) is 0 Å². The minimum Gasteiger partial charge on any atom is -0.380 e. The van der Waals surface area contributed by atoms with E-state index in [9.17, 15) is 0 Å². The molecule has 0 aliphatic carbocycles. The Morgan fingerprint density at radius 1 is 1.50 bits per heavy atom. The van der Waals surface area contributed by atoms with E-state index < -0.39 is 0 Å². The van der Waals surface area contributed by atoms with Gasteiger partial charge in [-0.15, -0.1) is 0 Å². The molecule has 2 atom stereocenters. The summed E-state index contributed by atoms with van der Waals surface area (Å²) in [5.74, 6) is 0.828. The molecule has 0 aromatic carbocycles. The second-order valence-corrected chi connectivity index (χ2v) is 5.04. The van der Waals surface area contributed by atoms with E-state index in [0.717, 1.165) is 25.2 Å². The van der Waals surface area contributed by atoms with Crippen molar-refractivity contribution in [3.63, 3.8) is 0 Å². The molecule has 2 aliphatic heterocycles. The molecule has 12 heavy (non-hydrogen) atoms. The van der Waals surface area contributed by atoms with E-state index in [1.165, 1.54) is 13.1 Å². The lowest BCUT2D eigenvalue weighted by Crippen LogP contribution is -2.45. The van der Waals surface area contributed by atoms with Crippen molar-refractivity contribution in [2.24, 2.45) is 11.3 Å². The zero-order valence-electron chi connectivity index (χ0n) is 8.34. The van der Waals surface area contributed by atoms with Crippen molar-refractivity contribution in [3.8, 4) is 0 Å². The molecule has 0 aromatic heterocycles. The Bertz CT molecular complexity index is 175. The largest absolute Gasteiger partial charge is 0.380 e. The normalized spacial score (nSPS) is 38.0. The second-order valence-electron chi connectivity index (χ2n) is 5.04. The first kappa shape index (κ1) is 8.52. The van der Waals surface area contributed by atoms with Crippen LogP contribution < -0.4 is 0 Å². The van der Waals surface area contributed by atoms with Gasteiger partial charge in [0.15, 0.2) is 0 Å². The maximum absolute atomic E-state index is 5.24. The lowest BCUT2D eigenvalue weighted by atomic mass is 9.88. The monoisotopic (exact) mass is 169 g/mol. The van der Waals surface area contributed by atoms with Crippen molar-refractivity contribution < 1.29 is 4.74 Å². The van der Waals surface area contributed by atoms with E-state index in [2.05, 4.69) is 25.7 Å². The molecule has 70 valence electrons. The molecule has 1 unspecified atom stereocenters. The fourth-order valence-electron chi connectivity index (χ4n) is 2.04. The van der Waals surface area contributed by atoms with Crippen molar-refractivity contribution >= 4 is 0 Å². The number of rotatable bonds is 3. The van der Waals surface area contributed by atoms with Gasteiger partial charge in [0, 0.05) is 24.5 Å². The van der Waals surface area contributed by atoms with Crippen LogP contribution in [0.15, 0.2) is 0 Å². The van der Waals surface area contributed by atoms with Crippen LogP contribution in [0.2, 0.25) is 0 Å². The van der Waals surface area contributed by atoms with Gasteiger partial charge in [0.25, 0.3) is 0 Å². The second kappa shape index (κ2) is 2.71. The Morgan fingerprint density at radius 3 is 2.50 bits per heavy atom. The Morgan fingerprint density at radius 2 is 2.17 bits per heavy atom. The fourth-order valence-corrected chi connectivity index (χ4v) is 2.04. The molecule has 2 heterocycles. The summed E-state index contributed by atoms with van der Waals surface area (Å²) in [5, 5.41) is 0. The highest BCUT2D eigenvalue weighted by Gasteiger charge is 2.43. The third kappa shape index (κ3) is 1.50. The molecule has 0 amide bonds. The van der Waals surface area contributed by atoms with Crippen LogP contribution in [0.5, 0.6) is 0 Å². The molecule has 0 N–H and O–H groups in total. The first-order chi connectivity index (χ1) is 5.61. The Balaban J connectivity index is 1.76. The molecule has 2 aliphatic rings. The van der Waals surface area contributed by atoms with E-state index in [1.54, 1.807) is 0 Å². The Kier molecular flexibility index (Phi) is 1.92. The predicted octanol–water partition coefficient (Wildman–Crippen LogP) is 1.36. The van der Waals surface area contributed by atoms with Crippen LogP contribution in [0.3, 0.4) is 0 Å². The number of hydrogen-bond acceptors (Lipinski definition) is 2. The summed E-state index contributed by atoms with van der Waals surface area (Å²) in [4.78, 5) is 2.58. The molecule has 0 spiro atoms. The standard InChI is InChI=1S/C10H19NO/c1-8(2)9-4-11(9)5-10(3)6-12-7-10/h8-9H,4-7H2,1-3H3/t9-,11?/m1/s1. The molecule has 0 radical (unpaired) electrons. The molecule has 0 saturated carbocycles. The van der Waals surface area contributed by atoms with Gasteiger partial charge < -0.3 is 4.74 Å². The average Bonchev–Trinajstić information content (AvgIpc) is 2.64. The first-order valence-corrected chi connectivity index (χ1v) is 4.92. The van der Waals surface area contributed by atoms with E-state index in [0.29, 0.717) is 5.41 Å². The lowest BCUT2D eigenvalue weighted by molar-refractivity contribution is -0.107. The quantitative estimate of drug-likeness (QED) is 0.591. The lowest BCUT2D eigenvalue weighted by Gasteiger charge is -2.38. The van der Waals surface area contributed by atoms with E-state index >= 15 is 0 Å². The molecular weight excluding hydrogens is 150 g/mol. The van der Waals surface area contributed by atoms with Gasteiger partial charge in [-0.1, -0.05) is 20.8 Å². The van der Waals surface area contributed by atoms with Crippen LogP contribution in [-0.2, 0) is 4.74 Å². The molecular formula is C10H19NO. The zero-order chi connectivity index (χ0) is 8.77. The van der Waals surface area contributed by atoms with Gasteiger partial charge in [0.1, 0.15) is 0 Å². The number of hydrogen-bond donors (Lipinski definition) is 0. The summed E-state index contributed by atoms with van der Waals surface area (Å²) in [6.07, 6.45) is 0. The maximum atomic E-state index is 5.24. The highest BCUT2D eigenvalue weighted by atomic mass is 16.5. The summed E-state index contributed by atoms with van der Waals surface area (Å²) >= 11 is 0. The molecule has 2 fully saturated rings. The van der Waals surface area contributed by atoms with Crippen molar-refractivity contribution in [1.82, 2.24) is 4.90 Å². The smallest absolute Gasteiger partial charge is 0.0554 e. The van der Waals surface area contributed by atoms with E-state index in [-0.39, 0.29) is 0 Å². The number of ether oxygens (including phenoxy) is 1. The maximum Gasteiger partial charge on any atom is 0.0554 e. The summed E-state index contributed by atoms with van der Waals surface area (Å²) < 4.78 is 5.24. The first-order valence-electron chi connectivity index (χ1n) is 4.92. The summed E-state index contributed by atoms with van der Waals surface area (Å²) in [6, 6.07) is 0.863. The minimum absolute atomic E-state index is 0.476. The Labute approximate surface area is 74.9 Å². The average molecular weight is 169 g/mol. The van der Waals surface area contributed by atoms with E-state index in [1.807, 2.05) is 0 Å². The van der Waals surface area contributed by atoms with E-state index in [4.69, 9.17) is 4.74 Å². The predicted molar refractivity (Wildman–Crippen MR) is 49.1 cm³/mol. The summed E-state index contributed by atoms with van der Waals surface area (Å²) in [6.45, 7) is 11.4. The van der Waals surface area contributed by atoms with Crippen LogP contribution in [-0.4, -0.2) is 37.2 Å². The summed E-state index contributed by atoms with van der Waals surface area (Å²) in [7, 11) is 0. The third-order valence-corrected chi connectivity index (χ3v) is 3.01. The van der Waals surface area contributed by atoms with Gasteiger partial charge in [0.05, 0.1) is 13.2 Å². The topological polar surface area (TPSA) is 12.2 Å². The molecule has 2 nitrogen and oxygen atoms in total. The zero-order valence-corrected chi connectivity index (χ0v) is 8.34. The highest BCUT2D eigenvalue weighted by Crippen LogP contribution is 2.34. The molecule has 2 heteroatoms. The van der Waals surface area contributed by atoms with Crippen LogP contribution in [0.25, 0.3) is 0 Å². The van der Waals surface area contributed by atoms with Crippen molar-refractivity contribution in [2.75, 3.05) is 26.3 Å². The SMILES string of the molecule is CC(C)[C@H]1CN1CC1(C)COC1. The fraction of sp³-hybridized carbons (Fsp3) is 1.00. The molecule has 0 bridgehead atoms. The van der Waals surface area contributed by atoms with Gasteiger partial charge >= 0.3 is 0 Å². The van der Waals surface area contributed by atoms with Gasteiger partial charge in [-0.05, 0) is 5.92 Å². The summed E-state index contributed by atoms with van der Waals surface area (Å²) in [5.41, 5.74) is 0.476. The van der Waals surface area contributed by atoms with Crippen molar-refractivity contribution in [3.05, 3.63) is 0 Å². The van der Waals surface area contributed by atoms with Crippen LogP contribution in [0.4, 0.5) is 0 Å². The molecule has 0 aromatic rings. The van der Waals surface area contributed by atoms with Gasteiger partial charge in [-0.2, -0.15) is 0 Å². The number of nitrogens with zero attached hydrogens (tertiary/aromatic N) is 1. The third-order valence-electron chi connectivity index (χ3n) is 3.01.